The van der Waals surface area contributed by atoms with Crippen molar-refractivity contribution in [3.05, 3.63) is 16.1 Å². The van der Waals surface area contributed by atoms with E-state index in [1.807, 2.05) is 0 Å². The summed E-state index contributed by atoms with van der Waals surface area (Å²) in [5.41, 5.74) is 0.302. The van der Waals surface area contributed by atoms with Crippen LogP contribution in [0.2, 0.25) is 0 Å². The fraction of sp³-hybridized carbons (Fsp3) is 0.667. The van der Waals surface area contributed by atoms with E-state index in [4.69, 9.17) is 9.47 Å². The lowest BCUT2D eigenvalue weighted by Gasteiger charge is -2.27. The standard InChI is InChI=1S/C12H19NO3S/c1-6-16-11(14)8-7-17-10(13-8)9(15-5)12(2,3)4/h7,9H,6H2,1-5H3. The van der Waals surface area contributed by atoms with Crippen molar-refractivity contribution < 1.29 is 14.3 Å². The van der Waals surface area contributed by atoms with Crippen LogP contribution >= 0.6 is 11.3 Å². The predicted octanol–water partition coefficient (Wildman–Crippen LogP) is 3.05. The topological polar surface area (TPSA) is 48.4 Å². The molecule has 1 heterocycles. The van der Waals surface area contributed by atoms with Gasteiger partial charge in [0.2, 0.25) is 0 Å². The van der Waals surface area contributed by atoms with Gasteiger partial charge in [-0.1, -0.05) is 20.8 Å². The first-order chi connectivity index (χ1) is 7.90. The summed E-state index contributed by atoms with van der Waals surface area (Å²) in [4.78, 5) is 15.8. The largest absolute Gasteiger partial charge is 0.461 e. The third-order valence-electron chi connectivity index (χ3n) is 2.25. The minimum Gasteiger partial charge on any atom is -0.461 e. The highest BCUT2D eigenvalue weighted by Gasteiger charge is 2.29. The summed E-state index contributed by atoms with van der Waals surface area (Å²) in [6.07, 6.45) is -0.115. The maximum Gasteiger partial charge on any atom is 0.357 e. The molecular formula is C12H19NO3S. The number of carbonyl (C=O) groups excluding carboxylic acids is 1. The lowest BCUT2D eigenvalue weighted by Crippen LogP contribution is -2.20. The van der Waals surface area contributed by atoms with Crippen LogP contribution in [0.15, 0.2) is 5.38 Å². The molecule has 0 fully saturated rings. The quantitative estimate of drug-likeness (QED) is 0.778. The zero-order valence-electron chi connectivity index (χ0n) is 10.9. The van der Waals surface area contributed by atoms with Crippen molar-refractivity contribution in [1.82, 2.24) is 4.98 Å². The van der Waals surface area contributed by atoms with Crippen molar-refractivity contribution in [2.24, 2.45) is 5.41 Å². The lowest BCUT2D eigenvalue weighted by molar-refractivity contribution is 0.0148. The van der Waals surface area contributed by atoms with E-state index in [1.165, 1.54) is 11.3 Å². The molecule has 0 saturated heterocycles. The fourth-order valence-corrected chi connectivity index (χ4v) is 2.64. The van der Waals surface area contributed by atoms with Gasteiger partial charge in [-0.05, 0) is 12.3 Å². The summed E-state index contributed by atoms with van der Waals surface area (Å²) in [5.74, 6) is -0.376. The summed E-state index contributed by atoms with van der Waals surface area (Å²) in [6, 6.07) is 0. The Balaban J connectivity index is 2.90. The molecule has 1 aromatic rings. The third-order valence-corrected chi connectivity index (χ3v) is 3.14. The van der Waals surface area contributed by atoms with Gasteiger partial charge in [0, 0.05) is 12.5 Å². The SMILES string of the molecule is CCOC(=O)c1csc(C(OC)C(C)(C)C)n1. The van der Waals surface area contributed by atoms with Crippen LogP contribution in [0.4, 0.5) is 0 Å². The number of carbonyl (C=O) groups is 1. The van der Waals surface area contributed by atoms with Gasteiger partial charge in [-0.3, -0.25) is 0 Å². The van der Waals surface area contributed by atoms with Gasteiger partial charge in [-0.25, -0.2) is 9.78 Å². The van der Waals surface area contributed by atoms with E-state index in [0.717, 1.165) is 5.01 Å². The van der Waals surface area contributed by atoms with Crippen molar-refractivity contribution in [3.63, 3.8) is 0 Å². The van der Waals surface area contributed by atoms with Crippen molar-refractivity contribution >= 4 is 17.3 Å². The summed E-state index contributed by atoms with van der Waals surface area (Å²) < 4.78 is 10.4. The van der Waals surface area contributed by atoms with Crippen LogP contribution < -0.4 is 0 Å². The molecular weight excluding hydrogens is 238 g/mol. The van der Waals surface area contributed by atoms with E-state index in [2.05, 4.69) is 25.8 Å². The van der Waals surface area contributed by atoms with E-state index >= 15 is 0 Å². The molecule has 4 nitrogen and oxygen atoms in total. The molecule has 1 atom stereocenters. The van der Waals surface area contributed by atoms with E-state index in [9.17, 15) is 4.79 Å². The Kier molecular flexibility index (Phi) is 4.65. The normalized spacial score (nSPS) is 13.5. The molecule has 96 valence electrons. The Morgan fingerprint density at radius 2 is 2.18 bits per heavy atom. The average Bonchev–Trinajstić information content (AvgIpc) is 2.66. The van der Waals surface area contributed by atoms with Crippen molar-refractivity contribution in [2.75, 3.05) is 13.7 Å². The molecule has 0 aliphatic heterocycles. The van der Waals surface area contributed by atoms with Gasteiger partial charge in [-0.2, -0.15) is 0 Å². The molecule has 0 radical (unpaired) electrons. The predicted molar refractivity (Wildman–Crippen MR) is 67.3 cm³/mol. The molecule has 5 heteroatoms. The number of thiazole rings is 1. The highest BCUT2D eigenvalue weighted by atomic mass is 32.1. The molecule has 0 saturated carbocycles. The molecule has 17 heavy (non-hydrogen) atoms. The number of methoxy groups -OCH3 is 1. The van der Waals surface area contributed by atoms with Crippen LogP contribution in [0.5, 0.6) is 0 Å². The van der Waals surface area contributed by atoms with Gasteiger partial charge < -0.3 is 9.47 Å². The first-order valence-corrected chi connectivity index (χ1v) is 6.43. The maximum absolute atomic E-state index is 11.5. The molecule has 0 bridgehead atoms. The van der Waals surface area contributed by atoms with Crippen LogP contribution in [-0.4, -0.2) is 24.7 Å². The molecule has 0 spiro atoms. The molecule has 0 aliphatic carbocycles. The second-order valence-electron chi connectivity index (χ2n) is 4.77. The Bertz CT molecular complexity index is 381. The minimum atomic E-state index is -0.376. The number of nitrogens with zero attached hydrogens (tertiary/aromatic N) is 1. The van der Waals surface area contributed by atoms with Crippen LogP contribution in [0.25, 0.3) is 0 Å². The minimum absolute atomic E-state index is 0.0570. The second-order valence-corrected chi connectivity index (χ2v) is 5.66. The van der Waals surface area contributed by atoms with Crippen LogP contribution in [0, 0.1) is 5.41 Å². The number of hydrogen-bond acceptors (Lipinski definition) is 5. The molecule has 0 aromatic carbocycles. The van der Waals surface area contributed by atoms with Gasteiger partial charge in [0.25, 0.3) is 0 Å². The number of rotatable bonds is 4. The Morgan fingerprint density at radius 3 is 2.65 bits per heavy atom. The molecule has 1 rings (SSSR count). The Hall–Kier alpha value is -0.940. The van der Waals surface area contributed by atoms with Crippen molar-refractivity contribution in [2.45, 2.75) is 33.8 Å². The zero-order valence-corrected chi connectivity index (χ0v) is 11.8. The third kappa shape index (κ3) is 3.51. The second kappa shape index (κ2) is 5.60. The zero-order chi connectivity index (χ0) is 13.1. The smallest absolute Gasteiger partial charge is 0.357 e. The van der Waals surface area contributed by atoms with Gasteiger partial charge in [0.1, 0.15) is 11.1 Å². The first-order valence-electron chi connectivity index (χ1n) is 5.55. The van der Waals surface area contributed by atoms with E-state index in [1.54, 1.807) is 19.4 Å². The monoisotopic (exact) mass is 257 g/mol. The molecule has 0 aliphatic rings. The first kappa shape index (κ1) is 14.1. The average molecular weight is 257 g/mol. The van der Waals surface area contributed by atoms with Crippen molar-refractivity contribution in [3.8, 4) is 0 Å². The van der Waals surface area contributed by atoms with Crippen LogP contribution in [-0.2, 0) is 9.47 Å². The van der Waals surface area contributed by atoms with Gasteiger partial charge >= 0.3 is 5.97 Å². The van der Waals surface area contributed by atoms with Crippen LogP contribution in [0.1, 0.15) is 49.3 Å². The summed E-state index contributed by atoms with van der Waals surface area (Å²) in [5, 5.41) is 2.52. The fourth-order valence-electron chi connectivity index (χ4n) is 1.53. The number of esters is 1. The van der Waals surface area contributed by atoms with Crippen molar-refractivity contribution in [1.29, 1.82) is 0 Å². The highest BCUT2D eigenvalue weighted by molar-refractivity contribution is 7.09. The van der Waals surface area contributed by atoms with E-state index in [-0.39, 0.29) is 17.5 Å². The van der Waals surface area contributed by atoms with Crippen LogP contribution in [0.3, 0.4) is 0 Å². The number of aromatic nitrogens is 1. The van der Waals surface area contributed by atoms with Gasteiger partial charge in [0.05, 0.1) is 6.61 Å². The van der Waals surface area contributed by atoms with Gasteiger partial charge in [0.15, 0.2) is 5.69 Å². The summed E-state index contributed by atoms with van der Waals surface area (Å²) in [6.45, 7) is 8.36. The van der Waals surface area contributed by atoms with E-state index in [0.29, 0.717) is 12.3 Å². The maximum atomic E-state index is 11.5. The Morgan fingerprint density at radius 1 is 1.53 bits per heavy atom. The number of ether oxygens (including phenoxy) is 2. The molecule has 0 amide bonds. The summed E-state index contributed by atoms with van der Waals surface area (Å²) >= 11 is 1.43. The molecule has 1 aromatic heterocycles. The van der Waals surface area contributed by atoms with Gasteiger partial charge in [-0.15, -0.1) is 11.3 Å². The molecule has 0 N–H and O–H groups in total. The summed E-state index contributed by atoms with van der Waals surface area (Å²) in [7, 11) is 1.65. The molecule has 1 unspecified atom stereocenters. The highest BCUT2D eigenvalue weighted by Crippen LogP contribution is 2.36. The van der Waals surface area contributed by atoms with E-state index < -0.39 is 0 Å². The number of hydrogen-bond donors (Lipinski definition) is 0. The lowest BCUT2D eigenvalue weighted by atomic mass is 9.89. The Labute approximate surface area is 106 Å².